The molecule has 1 heterocycles. The molecule has 0 aliphatic carbocycles. The Morgan fingerprint density at radius 3 is 2.56 bits per heavy atom. The Balaban J connectivity index is 1.65. The topological polar surface area (TPSA) is 83.9 Å². The lowest BCUT2D eigenvalue weighted by Crippen LogP contribution is -2.27. The lowest BCUT2D eigenvalue weighted by molar-refractivity contribution is -0.122. The van der Waals surface area contributed by atoms with Gasteiger partial charge in [-0.15, -0.1) is 0 Å². The second-order valence-electron chi connectivity index (χ2n) is 5.79. The maximum Gasteiger partial charge on any atom is 0.335 e. The summed E-state index contributed by atoms with van der Waals surface area (Å²) in [6.07, 6.45) is 1.68. The molecule has 7 heteroatoms. The molecule has 138 valence electrons. The second-order valence-corrected chi connectivity index (χ2v) is 6.78. The lowest BCUT2D eigenvalue weighted by atomic mass is 10.1. The highest BCUT2D eigenvalue weighted by Crippen LogP contribution is 2.32. The highest BCUT2D eigenvalue weighted by Gasteiger charge is 2.33. The third-order valence-electron chi connectivity index (χ3n) is 3.95. The molecule has 0 atom stereocenters. The van der Waals surface area contributed by atoms with Gasteiger partial charge in [-0.3, -0.25) is 14.5 Å². The number of imide groups is 1. The molecule has 3 rings (SSSR count). The van der Waals surface area contributed by atoms with E-state index in [1.165, 1.54) is 11.0 Å². The van der Waals surface area contributed by atoms with E-state index >= 15 is 0 Å². The standard InChI is InChI=1S/C20H17NO5S/c1-2-21-18(22)17(27-20(21)25)11-13-6-8-16(9-7-13)26-12-14-4-3-5-15(10-14)19(23)24/h3-11H,2,12H2,1H3,(H,23,24)/b17-11+. The van der Waals surface area contributed by atoms with E-state index in [4.69, 9.17) is 9.84 Å². The molecule has 0 bridgehead atoms. The highest BCUT2D eigenvalue weighted by molar-refractivity contribution is 8.18. The van der Waals surface area contributed by atoms with Gasteiger partial charge in [0.1, 0.15) is 12.4 Å². The number of hydrogen-bond acceptors (Lipinski definition) is 5. The number of aromatic carboxylic acids is 1. The van der Waals surface area contributed by atoms with Crippen LogP contribution in [0.4, 0.5) is 4.79 Å². The van der Waals surface area contributed by atoms with Crippen molar-refractivity contribution in [3.05, 3.63) is 70.1 Å². The van der Waals surface area contributed by atoms with E-state index < -0.39 is 5.97 Å². The van der Waals surface area contributed by atoms with Gasteiger partial charge in [-0.1, -0.05) is 24.3 Å². The van der Waals surface area contributed by atoms with Crippen molar-refractivity contribution in [3.63, 3.8) is 0 Å². The average molecular weight is 383 g/mol. The number of benzene rings is 2. The number of nitrogens with zero attached hydrogens (tertiary/aromatic N) is 1. The van der Waals surface area contributed by atoms with Crippen LogP contribution in [0, 0.1) is 0 Å². The largest absolute Gasteiger partial charge is 0.489 e. The number of thioether (sulfide) groups is 1. The van der Waals surface area contributed by atoms with Crippen molar-refractivity contribution in [3.8, 4) is 5.75 Å². The van der Waals surface area contributed by atoms with Gasteiger partial charge in [0.2, 0.25) is 0 Å². The molecule has 0 aromatic heterocycles. The van der Waals surface area contributed by atoms with Crippen LogP contribution in [-0.2, 0) is 11.4 Å². The van der Waals surface area contributed by atoms with Gasteiger partial charge in [-0.25, -0.2) is 4.79 Å². The van der Waals surface area contributed by atoms with E-state index in [1.807, 2.05) is 0 Å². The minimum atomic E-state index is -0.978. The van der Waals surface area contributed by atoms with E-state index in [-0.39, 0.29) is 23.3 Å². The number of rotatable bonds is 6. The van der Waals surface area contributed by atoms with Gasteiger partial charge in [0.15, 0.2) is 0 Å². The predicted octanol–water partition coefficient (Wildman–Crippen LogP) is 4.02. The zero-order valence-corrected chi connectivity index (χ0v) is 15.4. The third kappa shape index (κ3) is 4.38. The van der Waals surface area contributed by atoms with Crippen LogP contribution in [0.3, 0.4) is 0 Å². The number of carbonyl (C=O) groups excluding carboxylic acids is 2. The van der Waals surface area contributed by atoms with Gasteiger partial charge in [0, 0.05) is 6.54 Å². The summed E-state index contributed by atoms with van der Waals surface area (Å²) >= 11 is 0.936. The summed E-state index contributed by atoms with van der Waals surface area (Å²) in [7, 11) is 0. The van der Waals surface area contributed by atoms with E-state index in [0.717, 1.165) is 22.9 Å². The van der Waals surface area contributed by atoms with Gasteiger partial charge in [-0.2, -0.15) is 0 Å². The number of ether oxygens (including phenoxy) is 1. The quantitative estimate of drug-likeness (QED) is 0.759. The number of carboxylic acids is 1. The number of carboxylic acid groups (broad SMARTS) is 1. The SMILES string of the molecule is CCN1C(=O)S/C(=C/c2ccc(OCc3cccc(C(=O)O)c3)cc2)C1=O. The van der Waals surface area contributed by atoms with Crippen molar-refractivity contribution < 1.29 is 24.2 Å². The maximum atomic E-state index is 12.1. The van der Waals surface area contributed by atoms with Crippen LogP contribution in [0.5, 0.6) is 5.75 Å². The van der Waals surface area contributed by atoms with Crippen LogP contribution in [0.1, 0.15) is 28.4 Å². The third-order valence-corrected chi connectivity index (χ3v) is 4.85. The molecule has 1 fully saturated rings. The molecule has 2 amide bonds. The maximum absolute atomic E-state index is 12.1. The predicted molar refractivity (Wildman–Crippen MR) is 103 cm³/mol. The summed E-state index contributed by atoms with van der Waals surface area (Å²) in [5, 5.41) is 8.76. The van der Waals surface area contributed by atoms with Crippen LogP contribution < -0.4 is 4.74 Å². The van der Waals surface area contributed by atoms with Crippen LogP contribution in [-0.4, -0.2) is 33.7 Å². The van der Waals surface area contributed by atoms with Crippen LogP contribution >= 0.6 is 11.8 Å². The fraction of sp³-hybridized carbons (Fsp3) is 0.150. The summed E-state index contributed by atoms with van der Waals surface area (Å²) in [4.78, 5) is 36.4. The molecule has 1 aliphatic heterocycles. The Morgan fingerprint density at radius 1 is 1.19 bits per heavy atom. The van der Waals surface area contributed by atoms with E-state index in [0.29, 0.717) is 17.2 Å². The molecule has 1 N–H and O–H groups in total. The molecular weight excluding hydrogens is 366 g/mol. The first-order valence-corrected chi connectivity index (χ1v) is 9.10. The summed E-state index contributed by atoms with van der Waals surface area (Å²) in [6, 6.07) is 13.7. The first-order valence-electron chi connectivity index (χ1n) is 8.28. The molecule has 0 radical (unpaired) electrons. The Bertz CT molecular complexity index is 920. The molecule has 2 aromatic carbocycles. The van der Waals surface area contributed by atoms with Crippen molar-refractivity contribution in [1.29, 1.82) is 0 Å². The minimum absolute atomic E-state index is 0.215. The summed E-state index contributed by atoms with van der Waals surface area (Å²) in [6.45, 7) is 2.37. The molecule has 0 unspecified atom stereocenters. The summed E-state index contributed by atoms with van der Waals surface area (Å²) < 4.78 is 5.68. The van der Waals surface area contributed by atoms with Crippen molar-refractivity contribution in [2.45, 2.75) is 13.5 Å². The highest BCUT2D eigenvalue weighted by atomic mass is 32.2. The number of amides is 2. The smallest absolute Gasteiger partial charge is 0.335 e. The summed E-state index contributed by atoms with van der Waals surface area (Å²) in [5.41, 5.74) is 1.76. The first-order chi connectivity index (χ1) is 13.0. The first kappa shape index (κ1) is 18.7. The van der Waals surface area contributed by atoms with Crippen LogP contribution in [0.15, 0.2) is 53.4 Å². The molecule has 6 nitrogen and oxygen atoms in total. The Hall–Kier alpha value is -3.06. The minimum Gasteiger partial charge on any atom is -0.489 e. The average Bonchev–Trinajstić information content (AvgIpc) is 2.94. The molecule has 2 aromatic rings. The van der Waals surface area contributed by atoms with Gasteiger partial charge in [0.25, 0.3) is 11.1 Å². The monoisotopic (exact) mass is 383 g/mol. The fourth-order valence-corrected chi connectivity index (χ4v) is 3.45. The lowest BCUT2D eigenvalue weighted by Gasteiger charge is -2.08. The van der Waals surface area contributed by atoms with Crippen LogP contribution in [0.25, 0.3) is 6.08 Å². The molecule has 1 aliphatic rings. The Kier molecular flexibility index (Phi) is 5.61. The van der Waals surface area contributed by atoms with E-state index in [9.17, 15) is 14.4 Å². The van der Waals surface area contributed by atoms with Crippen LogP contribution in [0.2, 0.25) is 0 Å². The van der Waals surface area contributed by atoms with Crippen molar-refractivity contribution in [2.24, 2.45) is 0 Å². The van der Waals surface area contributed by atoms with Gasteiger partial charge in [0.05, 0.1) is 10.5 Å². The molecule has 0 saturated carbocycles. The summed E-state index contributed by atoms with van der Waals surface area (Å²) in [5.74, 6) is -0.630. The Morgan fingerprint density at radius 2 is 1.93 bits per heavy atom. The normalized spacial score (nSPS) is 15.4. The number of hydrogen-bond donors (Lipinski definition) is 1. The number of likely N-dealkylation sites (N-methyl/N-ethyl adjacent to an activating group) is 1. The fourth-order valence-electron chi connectivity index (χ4n) is 2.55. The van der Waals surface area contributed by atoms with Gasteiger partial charge < -0.3 is 9.84 Å². The molecule has 0 spiro atoms. The Labute approximate surface area is 160 Å². The van der Waals surface area contributed by atoms with E-state index in [2.05, 4.69) is 0 Å². The van der Waals surface area contributed by atoms with Crippen molar-refractivity contribution >= 4 is 35.0 Å². The zero-order chi connectivity index (χ0) is 19.4. The van der Waals surface area contributed by atoms with Crippen molar-refractivity contribution in [2.75, 3.05) is 6.54 Å². The van der Waals surface area contributed by atoms with Gasteiger partial charge >= 0.3 is 5.97 Å². The molecule has 1 saturated heterocycles. The molecular formula is C20H17NO5S. The molecule has 27 heavy (non-hydrogen) atoms. The number of carbonyl (C=O) groups is 3. The van der Waals surface area contributed by atoms with E-state index in [1.54, 1.807) is 55.5 Å². The zero-order valence-electron chi connectivity index (χ0n) is 14.5. The second kappa shape index (κ2) is 8.09. The van der Waals surface area contributed by atoms with Gasteiger partial charge in [-0.05, 0) is 60.2 Å². The van der Waals surface area contributed by atoms with Crippen molar-refractivity contribution in [1.82, 2.24) is 4.90 Å².